The maximum Gasteiger partial charge on any atom is 0.328 e. The van der Waals surface area contributed by atoms with E-state index in [1.165, 1.54) is 6.08 Å². The van der Waals surface area contributed by atoms with Crippen molar-refractivity contribution in [1.82, 2.24) is 0 Å². The normalized spacial score (nSPS) is 11.2. The largest absolute Gasteiger partial charge is 0.478 e. The highest BCUT2D eigenvalue weighted by Gasteiger charge is 2.07. The molecular formula is C12H14O4. The van der Waals surface area contributed by atoms with E-state index < -0.39 is 12.3 Å². The Balaban J connectivity index is 2.90. The quantitative estimate of drug-likeness (QED) is 0.612. The third-order valence-electron chi connectivity index (χ3n) is 2.03. The van der Waals surface area contributed by atoms with E-state index in [-0.39, 0.29) is 0 Å². The van der Waals surface area contributed by atoms with Crippen LogP contribution in [0.15, 0.2) is 30.3 Å². The molecule has 1 aromatic rings. The number of aliphatic carboxylic acids is 1. The van der Waals surface area contributed by atoms with Crippen LogP contribution in [-0.2, 0) is 14.3 Å². The summed E-state index contributed by atoms with van der Waals surface area (Å²) in [5, 5.41) is 8.51. The first kappa shape index (κ1) is 12.4. The lowest BCUT2D eigenvalue weighted by molar-refractivity contribution is -0.131. The van der Waals surface area contributed by atoms with Gasteiger partial charge in [0.05, 0.1) is 0 Å². The summed E-state index contributed by atoms with van der Waals surface area (Å²) in [6.07, 6.45) is 2.18. The Labute approximate surface area is 94.1 Å². The molecule has 0 radical (unpaired) electrons. The van der Waals surface area contributed by atoms with Gasteiger partial charge in [-0.15, -0.1) is 0 Å². The molecule has 0 atom stereocenters. The fourth-order valence-electron chi connectivity index (χ4n) is 1.35. The van der Waals surface area contributed by atoms with Gasteiger partial charge in [-0.2, -0.15) is 0 Å². The Morgan fingerprint density at radius 3 is 2.62 bits per heavy atom. The molecule has 0 aliphatic heterocycles. The molecule has 0 aliphatic carbocycles. The second-order valence-electron chi connectivity index (χ2n) is 3.15. The van der Waals surface area contributed by atoms with Crippen LogP contribution < -0.4 is 0 Å². The van der Waals surface area contributed by atoms with Gasteiger partial charge in [0.1, 0.15) is 0 Å². The Bertz CT molecular complexity index is 380. The van der Waals surface area contributed by atoms with Gasteiger partial charge in [-0.1, -0.05) is 18.2 Å². The molecule has 0 aliphatic rings. The highest BCUT2D eigenvalue weighted by Crippen LogP contribution is 2.18. The van der Waals surface area contributed by atoms with Crippen molar-refractivity contribution in [3.63, 3.8) is 0 Å². The van der Waals surface area contributed by atoms with E-state index in [0.717, 1.165) is 17.2 Å². The Hall–Kier alpha value is -1.65. The Morgan fingerprint density at radius 2 is 2.06 bits per heavy atom. The van der Waals surface area contributed by atoms with Crippen LogP contribution in [-0.4, -0.2) is 25.3 Å². The number of ether oxygens (including phenoxy) is 2. The summed E-state index contributed by atoms with van der Waals surface area (Å²) in [5.41, 5.74) is 1.64. The molecule has 1 N–H and O–H groups in total. The monoisotopic (exact) mass is 222 g/mol. The molecule has 0 saturated carbocycles. The molecule has 1 aromatic carbocycles. The van der Waals surface area contributed by atoms with Crippen LogP contribution in [0.3, 0.4) is 0 Å². The predicted octanol–water partition coefficient (Wildman–Crippen LogP) is 2.08. The number of methoxy groups -OCH3 is 2. The van der Waals surface area contributed by atoms with Crippen LogP contribution in [0, 0.1) is 0 Å². The lowest BCUT2D eigenvalue weighted by Gasteiger charge is -2.13. The van der Waals surface area contributed by atoms with E-state index in [9.17, 15) is 4.79 Å². The van der Waals surface area contributed by atoms with Crippen LogP contribution in [0.2, 0.25) is 0 Å². The van der Waals surface area contributed by atoms with E-state index >= 15 is 0 Å². The van der Waals surface area contributed by atoms with E-state index in [0.29, 0.717) is 0 Å². The van der Waals surface area contributed by atoms with E-state index in [1.54, 1.807) is 14.2 Å². The van der Waals surface area contributed by atoms with Gasteiger partial charge in [0, 0.05) is 25.9 Å². The molecule has 0 fully saturated rings. The van der Waals surface area contributed by atoms with E-state index in [2.05, 4.69) is 0 Å². The average molecular weight is 222 g/mol. The van der Waals surface area contributed by atoms with Gasteiger partial charge in [-0.05, 0) is 17.7 Å². The number of carboxylic acids is 1. The number of hydrogen-bond acceptors (Lipinski definition) is 3. The zero-order valence-corrected chi connectivity index (χ0v) is 9.21. The highest BCUT2D eigenvalue weighted by atomic mass is 16.7. The van der Waals surface area contributed by atoms with Crippen LogP contribution in [0.1, 0.15) is 17.4 Å². The van der Waals surface area contributed by atoms with Gasteiger partial charge < -0.3 is 14.6 Å². The fourth-order valence-corrected chi connectivity index (χ4v) is 1.35. The molecular weight excluding hydrogens is 208 g/mol. The summed E-state index contributed by atoms with van der Waals surface area (Å²) in [4.78, 5) is 10.4. The van der Waals surface area contributed by atoms with Crippen molar-refractivity contribution in [1.29, 1.82) is 0 Å². The van der Waals surface area contributed by atoms with Crippen molar-refractivity contribution in [2.45, 2.75) is 6.29 Å². The smallest absolute Gasteiger partial charge is 0.328 e. The second-order valence-corrected chi connectivity index (χ2v) is 3.15. The van der Waals surface area contributed by atoms with Gasteiger partial charge >= 0.3 is 5.97 Å². The summed E-state index contributed by atoms with van der Waals surface area (Å²) < 4.78 is 10.2. The predicted molar refractivity (Wildman–Crippen MR) is 59.9 cm³/mol. The molecule has 0 heterocycles. The molecule has 86 valence electrons. The summed E-state index contributed by atoms with van der Waals surface area (Å²) in [7, 11) is 3.10. The number of carboxylic acid groups (broad SMARTS) is 1. The average Bonchev–Trinajstić information content (AvgIpc) is 2.29. The molecule has 0 unspecified atom stereocenters. The first-order valence-electron chi connectivity index (χ1n) is 4.74. The zero-order chi connectivity index (χ0) is 12.0. The van der Waals surface area contributed by atoms with Gasteiger partial charge in [0.2, 0.25) is 0 Å². The molecule has 0 saturated heterocycles. The van der Waals surface area contributed by atoms with Crippen molar-refractivity contribution < 1.29 is 19.4 Å². The van der Waals surface area contributed by atoms with E-state index in [1.807, 2.05) is 24.3 Å². The van der Waals surface area contributed by atoms with Crippen LogP contribution in [0.25, 0.3) is 6.08 Å². The SMILES string of the molecule is COC(OC)c1cccc(C=CC(=O)O)c1. The molecule has 4 nitrogen and oxygen atoms in total. The molecule has 0 aromatic heterocycles. The summed E-state index contributed by atoms with van der Waals surface area (Å²) in [5.74, 6) is -0.972. The topological polar surface area (TPSA) is 55.8 Å². The van der Waals surface area contributed by atoms with Gasteiger partial charge in [0.15, 0.2) is 6.29 Å². The summed E-state index contributed by atoms with van der Waals surface area (Å²) >= 11 is 0. The Morgan fingerprint density at radius 1 is 1.38 bits per heavy atom. The second kappa shape index (κ2) is 6.05. The molecule has 16 heavy (non-hydrogen) atoms. The molecule has 4 heteroatoms. The van der Waals surface area contributed by atoms with Gasteiger partial charge in [-0.25, -0.2) is 4.79 Å². The first-order valence-corrected chi connectivity index (χ1v) is 4.74. The number of hydrogen-bond donors (Lipinski definition) is 1. The molecule has 1 rings (SSSR count). The van der Waals surface area contributed by atoms with Crippen LogP contribution in [0.5, 0.6) is 0 Å². The van der Waals surface area contributed by atoms with Crippen molar-refractivity contribution in [2.24, 2.45) is 0 Å². The lowest BCUT2D eigenvalue weighted by Crippen LogP contribution is -2.03. The summed E-state index contributed by atoms with van der Waals surface area (Å²) in [6.45, 7) is 0. The maximum absolute atomic E-state index is 10.4. The molecule has 0 bridgehead atoms. The van der Waals surface area contributed by atoms with Crippen LogP contribution in [0.4, 0.5) is 0 Å². The van der Waals surface area contributed by atoms with Crippen molar-refractivity contribution in [3.05, 3.63) is 41.5 Å². The summed E-state index contributed by atoms with van der Waals surface area (Å²) in [6, 6.07) is 7.31. The fraction of sp³-hybridized carbons (Fsp3) is 0.250. The van der Waals surface area contributed by atoms with Crippen LogP contribution >= 0.6 is 0 Å². The molecule has 0 spiro atoms. The van der Waals surface area contributed by atoms with Crippen molar-refractivity contribution in [3.8, 4) is 0 Å². The first-order chi connectivity index (χ1) is 7.67. The lowest BCUT2D eigenvalue weighted by atomic mass is 10.1. The molecule has 0 amide bonds. The number of carbonyl (C=O) groups is 1. The van der Waals surface area contributed by atoms with Gasteiger partial charge in [-0.3, -0.25) is 0 Å². The zero-order valence-electron chi connectivity index (χ0n) is 9.21. The van der Waals surface area contributed by atoms with Gasteiger partial charge in [0.25, 0.3) is 0 Å². The van der Waals surface area contributed by atoms with Crippen molar-refractivity contribution in [2.75, 3.05) is 14.2 Å². The minimum Gasteiger partial charge on any atom is -0.478 e. The number of benzene rings is 1. The number of rotatable bonds is 5. The third-order valence-corrected chi connectivity index (χ3v) is 2.03. The minimum atomic E-state index is -0.972. The third kappa shape index (κ3) is 3.49. The van der Waals surface area contributed by atoms with E-state index in [4.69, 9.17) is 14.6 Å². The van der Waals surface area contributed by atoms with Crippen molar-refractivity contribution >= 4 is 12.0 Å². The maximum atomic E-state index is 10.4. The standard InChI is InChI=1S/C12H14O4/c1-15-12(16-2)10-5-3-4-9(8-10)6-7-11(13)14/h3-8,12H,1-2H3,(H,13,14). The highest BCUT2D eigenvalue weighted by molar-refractivity contribution is 5.85. The Kier molecular flexibility index (Phi) is 4.69. The minimum absolute atomic E-state index is 0.432.